The van der Waals surface area contributed by atoms with Gasteiger partial charge in [-0.25, -0.2) is 4.79 Å². The molecule has 0 atom stereocenters. The molecule has 0 bridgehead atoms. The summed E-state index contributed by atoms with van der Waals surface area (Å²) in [5.41, 5.74) is 4.22. The van der Waals surface area contributed by atoms with Crippen molar-refractivity contribution in [3.63, 3.8) is 0 Å². The van der Waals surface area contributed by atoms with Crippen LogP contribution in [0.2, 0.25) is 0 Å². The first kappa shape index (κ1) is 27.6. The topological polar surface area (TPSA) is 48.0 Å². The first-order valence-electron chi connectivity index (χ1n) is 13.6. The average Bonchev–Trinajstić information content (AvgIpc) is 3.63. The molecule has 5 nitrogen and oxygen atoms in total. The van der Waals surface area contributed by atoms with Crippen LogP contribution in [-0.4, -0.2) is 26.8 Å². The molecular weight excluding hydrogens is 563 g/mol. The molecule has 6 aromatic rings. The van der Waals surface area contributed by atoms with Gasteiger partial charge in [-0.3, -0.25) is 0 Å². The number of nitrogens with zero attached hydrogens (tertiary/aromatic N) is 1. The smallest absolute Gasteiger partial charge is 0.348 e. The van der Waals surface area contributed by atoms with Crippen molar-refractivity contribution in [2.75, 3.05) is 25.7 Å². The molecule has 0 amide bonds. The van der Waals surface area contributed by atoms with Crippen LogP contribution < -0.4 is 14.4 Å². The van der Waals surface area contributed by atoms with Gasteiger partial charge in [-0.1, -0.05) is 18.2 Å². The number of thiophene rings is 2. The number of carbonyl (C=O) groups excluding carboxylic acids is 1. The molecule has 0 unspecified atom stereocenters. The van der Waals surface area contributed by atoms with Crippen molar-refractivity contribution < 1.29 is 19.0 Å². The number of anilines is 3. The Hall–Kier alpha value is -4.59. The molecule has 7 heteroatoms. The predicted octanol–water partition coefficient (Wildman–Crippen LogP) is 9.95. The lowest BCUT2D eigenvalue weighted by atomic mass is 10.1. The first-order chi connectivity index (χ1) is 20.5. The van der Waals surface area contributed by atoms with Crippen molar-refractivity contribution in [1.29, 1.82) is 0 Å². The van der Waals surface area contributed by atoms with Crippen molar-refractivity contribution in [3.05, 3.63) is 112 Å². The predicted molar refractivity (Wildman–Crippen MR) is 176 cm³/mol. The van der Waals surface area contributed by atoms with E-state index in [4.69, 9.17) is 14.2 Å². The summed E-state index contributed by atoms with van der Waals surface area (Å²) in [5.74, 6) is 1.38. The van der Waals surface area contributed by atoms with Gasteiger partial charge in [0.05, 0.1) is 20.8 Å². The Balaban J connectivity index is 1.24. The molecule has 4 aromatic carbocycles. The van der Waals surface area contributed by atoms with Crippen LogP contribution in [0.25, 0.3) is 32.3 Å². The number of benzene rings is 4. The van der Waals surface area contributed by atoms with Crippen molar-refractivity contribution in [3.8, 4) is 11.5 Å². The van der Waals surface area contributed by atoms with Crippen LogP contribution in [0.5, 0.6) is 11.5 Å². The average molecular weight is 592 g/mol. The number of ether oxygens (including phenoxy) is 3. The Bertz CT molecular complexity index is 1770. The maximum atomic E-state index is 12.1. The van der Waals surface area contributed by atoms with E-state index in [9.17, 15) is 4.79 Å². The second-order valence-electron chi connectivity index (χ2n) is 9.56. The Morgan fingerprint density at radius 1 is 0.690 bits per heavy atom. The Morgan fingerprint density at radius 3 is 1.76 bits per heavy atom. The van der Waals surface area contributed by atoms with Gasteiger partial charge in [-0.15, -0.1) is 22.7 Å². The van der Waals surface area contributed by atoms with Crippen LogP contribution in [0.15, 0.2) is 97.1 Å². The number of hydrogen-bond acceptors (Lipinski definition) is 7. The molecule has 0 fully saturated rings. The summed E-state index contributed by atoms with van der Waals surface area (Å²) in [6, 6.07) is 33.1. The number of hydrogen-bond donors (Lipinski definition) is 0. The van der Waals surface area contributed by atoms with Crippen LogP contribution in [0.3, 0.4) is 0 Å². The van der Waals surface area contributed by atoms with Crippen molar-refractivity contribution in [2.45, 2.75) is 6.92 Å². The normalized spacial score (nSPS) is 11.3. The highest BCUT2D eigenvalue weighted by atomic mass is 32.1. The molecule has 0 N–H and O–H groups in total. The van der Waals surface area contributed by atoms with Crippen LogP contribution in [0, 0.1) is 0 Å². The van der Waals surface area contributed by atoms with Gasteiger partial charge in [0.15, 0.2) is 0 Å². The van der Waals surface area contributed by atoms with Crippen LogP contribution in [0.4, 0.5) is 17.1 Å². The van der Waals surface area contributed by atoms with E-state index in [0.717, 1.165) is 44.2 Å². The number of methoxy groups -OCH3 is 2. The molecular formula is C35H29NO4S2. The quantitative estimate of drug-likeness (QED) is 0.157. The zero-order valence-electron chi connectivity index (χ0n) is 23.5. The van der Waals surface area contributed by atoms with E-state index in [1.807, 2.05) is 37.3 Å². The Morgan fingerprint density at radius 2 is 1.21 bits per heavy atom. The van der Waals surface area contributed by atoms with Gasteiger partial charge in [-0.2, -0.15) is 0 Å². The second kappa shape index (κ2) is 12.1. The fourth-order valence-electron chi connectivity index (χ4n) is 4.80. The van der Waals surface area contributed by atoms with E-state index < -0.39 is 0 Å². The summed E-state index contributed by atoms with van der Waals surface area (Å²) < 4.78 is 18.2. The van der Waals surface area contributed by atoms with Gasteiger partial charge in [-0.05, 0) is 114 Å². The summed E-state index contributed by atoms with van der Waals surface area (Å²) in [6.45, 7) is 2.20. The highest BCUT2D eigenvalue weighted by Crippen LogP contribution is 2.37. The third-order valence-corrected chi connectivity index (χ3v) is 9.04. The lowest BCUT2D eigenvalue weighted by Gasteiger charge is -2.26. The lowest BCUT2D eigenvalue weighted by Crippen LogP contribution is -2.09. The third kappa shape index (κ3) is 5.75. The fraction of sp³-hybridized carbons (Fsp3) is 0.114. The highest BCUT2D eigenvalue weighted by Gasteiger charge is 2.14. The summed E-state index contributed by atoms with van der Waals surface area (Å²) in [7, 11) is 3.35. The molecule has 0 saturated carbocycles. The number of carbonyl (C=O) groups is 1. The van der Waals surface area contributed by atoms with E-state index in [2.05, 4.69) is 83.8 Å². The zero-order valence-corrected chi connectivity index (χ0v) is 25.1. The number of fused-ring (bicyclic) bond motifs is 2. The molecule has 0 saturated heterocycles. The molecule has 210 valence electrons. The largest absolute Gasteiger partial charge is 0.497 e. The Kier molecular flexibility index (Phi) is 7.95. The van der Waals surface area contributed by atoms with Crippen LogP contribution >= 0.6 is 22.7 Å². The van der Waals surface area contributed by atoms with E-state index in [0.29, 0.717) is 11.5 Å². The summed E-state index contributed by atoms with van der Waals surface area (Å²) >= 11 is 3.22. The van der Waals surface area contributed by atoms with E-state index in [-0.39, 0.29) is 5.97 Å². The van der Waals surface area contributed by atoms with Crippen molar-refractivity contribution in [1.82, 2.24) is 0 Å². The minimum atomic E-state index is -0.257. The number of esters is 1. The molecule has 2 heterocycles. The maximum Gasteiger partial charge on any atom is 0.348 e. The van der Waals surface area contributed by atoms with Gasteiger partial charge in [0.2, 0.25) is 0 Å². The molecule has 0 aliphatic carbocycles. The summed E-state index contributed by atoms with van der Waals surface area (Å²) in [5, 5.41) is 2.25. The van der Waals surface area contributed by atoms with Gasteiger partial charge in [0.1, 0.15) is 16.4 Å². The van der Waals surface area contributed by atoms with Gasteiger partial charge in [0.25, 0.3) is 0 Å². The molecule has 0 aliphatic rings. The van der Waals surface area contributed by atoms with Gasteiger partial charge < -0.3 is 19.1 Å². The maximum absolute atomic E-state index is 12.1. The highest BCUT2D eigenvalue weighted by molar-refractivity contribution is 7.22. The second-order valence-corrected chi connectivity index (χ2v) is 11.8. The monoisotopic (exact) mass is 591 g/mol. The fourth-order valence-corrected chi connectivity index (χ4v) is 6.78. The van der Waals surface area contributed by atoms with Gasteiger partial charge in [0, 0.05) is 31.3 Å². The molecule has 6 rings (SSSR count). The summed E-state index contributed by atoms with van der Waals surface area (Å²) in [4.78, 5) is 16.2. The number of rotatable bonds is 9. The molecule has 42 heavy (non-hydrogen) atoms. The van der Waals surface area contributed by atoms with E-state index in [1.54, 1.807) is 25.6 Å². The molecule has 0 radical (unpaired) electrons. The van der Waals surface area contributed by atoms with Crippen LogP contribution in [-0.2, 0) is 4.74 Å². The minimum Gasteiger partial charge on any atom is -0.497 e. The Labute approximate surface area is 252 Å². The lowest BCUT2D eigenvalue weighted by molar-refractivity contribution is 0.0532. The summed E-state index contributed by atoms with van der Waals surface area (Å²) in [6.07, 6.45) is 4.29. The van der Waals surface area contributed by atoms with Crippen molar-refractivity contribution >= 4 is 78.0 Å². The zero-order chi connectivity index (χ0) is 29.1. The molecule has 2 aromatic heterocycles. The first-order valence-corrected chi connectivity index (χ1v) is 15.2. The molecule has 0 aliphatic heterocycles. The minimum absolute atomic E-state index is 0.257. The van der Waals surface area contributed by atoms with Gasteiger partial charge >= 0.3 is 5.97 Å². The van der Waals surface area contributed by atoms with Crippen LogP contribution in [0.1, 0.15) is 27.0 Å². The third-order valence-electron chi connectivity index (χ3n) is 6.90. The van der Waals surface area contributed by atoms with Crippen molar-refractivity contribution in [2.24, 2.45) is 0 Å². The van der Waals surface area contributed by atoms with E-state index in [1.165, 1.54) is 26.3 Å². The van der Waals surface area contributed by atoms with E-state index >= 15 is 0 Å². The SMILES string of the molecule is CCOC(=O)c1cc2cc3sc(/C=C/c4ccc(N(c5ccc(OC)cc5)c5ccc(OC)cc5)cc4)cc3cc2s1. The molecule has 0 spiro atoms. The standard InChI is InChI=1S/C35H29NO4S2/c1-4-40-35(37)34-22-25-21-32-24(20-33(25)42-34)19-31(41-32)18-7-23-5-8-26(9-6-23)36(27-10-14-29(38-2)15-11-27)28-12-16-30(39-3)17-13-28/h5-22H,4H2,1-3H3/b18-7+.